The second kappa shape index (κ2) is 6.39. The molecule has 5 rings (SSSR count). The predicted molar refractivity (Wildman–Crippen MR) is 130 cm³/mol. The van der Waals surface area contributed by atoms with E-state index in [1.165, 1.54) is 32.1 Å². The lowest BCUT2D eigenvalue weighted by molar-refractivity contribution is -0.188. The summed E-state index contributed by atoms with van der Waals surface area (Å²) < 4.78 is 0. The Morgan fingerprint density at radius 2 is 1.50 bits per heavy atom. The number of carbonyl (C=O) groups excluding carboxylic acids is 2. The molecule has 0 unspecified atom stereocenters. The minimum absolute atomic E-state index is 0.00119. The highest BCUT2D eigenvalue weighted by Gasteiger charge is 2.70. The van der Waals surface area contributed by atoms with Crippen molar-refractivity contribution in [3.63, 3.8) is 0 Å². The van der Waals surface area contributed by atoms with Crippen molar-refractivity contribution in [2.75, 3.05) is 0 Å². The van der Waals surface area contributed by atoms with E-state index < -0.39 is 5.41 Å². The Labute approximate surface area is 196 Å². The summed E-state index contributed by atoms with van der Waals surface area (Å²) in [7, 11) is 0. The third kappa shape index (κ3) is 2.65. The highest BCUT2D eigenvalue weighted by molar-refractivity contribution is 5.95. The first-order chi connectivity index (χ1) is 14.6. The molecular weight excluding hydrogens is 392 g/mol. The van der Waals surface area contributed by atoms with E-state index >= 15 is 0 Å². The lowest BCUT2D eigenvalue weighted by atomic mass is 9.33. The van der Waals surface area contributed by atoms with Crippen LogP contribution in [0.3, 0.4) is 0 Å². The topological polar surface area (TPSA) is 34.1 Å². The summed E-state index contributed by atoms with van der Waals surface area (Å²) in [5, 5.41) is 0. The van der Waals surface area contributed by atoms with E-state index in [4.69, 9.17) is 0 Å². The smallest absolute Gasteiger partial charge is 0.139 e. The number of ketones is 2. The highest BCUT2D eigenvalue weighted by Crippen LogP contribution is 2.74. The average molecular weight is 439 g/mol. The average Bonchev–Trinajstić information content (AvgIpc) is 2.67. The van der Waals surface area contributed by atoms with Gasteiger partial charge >= 0.3 is 0 Å². The van der Waals surface area contributed by atoms with Crippen LogP contribution in [-0.2, 0) is 9.59 Å². The van der Waals surface area contributed by atoms with Crippen molar-refractivity contribution in [3.8, 4) is 0 Å². The third-order valence-electron chi connectivity index (χ3n) is 12.4. The Balaban J connectivity index is 1.62. The van der Waals surface area contributed by atoms with Crippen LogP contribution in [0.2, 0.25) is 0 Å². The molecule has 0 radical (unpaired) electrons. The van der Waals surface area contributed by atoms with Crippen molar-refractivity contribution in [1.82, 2.24) is 0 Å². The number of Topliss-reactive ketones (excluding diaryl/α,β-unsaturated/α-hetero) is 2. The number of carbonyl (C=O) groups is 2. The molecule has 0 aromatic rings. The number of hydrogen-bond acceptors (Lipinski definition) is 2. The minimum atomic E-state index is -0.519. The van der Waals surface area contributed by atoms with Crippen molar-refractivity contribution < 1.29 is 9.59 Å². The van der Waals surface area contributed by atoms with Gasteiger partial charge in [0, 0.05) is 24.2 Å². The van der Waals surface area contributed by atoms with Crippen molar-refractivity contribution >= 4 is 11.6 Å². The SMILES string of the molecule is CC1(C)CC[C@]2(C)CC[C@]3(C)C(=CC[C@@H]4[C@@]5(C)CCC(=O)C(C)(C)[C@H]5C(=O)C[C@]43C)[C@@H]2C1. The van der Waals surface area contributed by atoms with Gasteiger partial charge in [0.05, 0.1) is 0 Å². The Morgan fingerprint density at radius 1 is 0.844 bits per heavy atom. The molecule has 2 heteroatoms. The molecule has 32 heavy (non-hydrogen) atoms. The summed E-state index contributed by atoms with van der Waals surface area (Å²) in [5.74, 6) is 1.71. The predicted octanol–water partition coefficient (Wildman–Crippen LogP) is 7.56. The molecule has 0 bridgehead atoms. The second-order valence-corrected chi connectivity index (χ2v) is 15.0. The fourth-order valence-electron chi connectivity index (χ4n) is 10.2. The van der Waals surface area contributed by atoms with Crippen LogP contribution in [0.4, 0.5) is 0 Å². The van der Waals surface area contributed by atoms with E-state index in [2.05, 4.69) is 61.5 Å². The maximum atomic E-state index is 13.9. The van der Waals surface area contributed by atoms with Crippen LogP contribution in [0.25, 0.3) is 0 Å². The molecule has 4 fully saturated rings. The zero-order valence-electron chi connectivity index (χ0n) is 22.0. The fraction of sp³-hybridized carbons (Fsp3) is 0.867. The van der Waals surface area contributed by atoms with E-state index in [-0.39, 0.29) is 22.2 Å². The van der Waals surface area contributed by atoms with E-state index in [9.17, 15) is 9.59 Å². The Hall–Kier alpha value is -0.920. The number of fused-ring (bicyclic) bond motifs is 7. The zero-order chi connectivity index (χ0) is 23.5. The third-order valence-corrected chi connectivity index (χ3v) is 12.4. The van der Waals surface area contributed by atoms with Crippen LogP contribution in [-0.4, -0.2) is 11.6 Å². The molecule has 0 aromatic heterocycles. The van der Waals surface area contributed by atoms with Crippen molar-refractivity contribution in [1.29, 1.82) is 0 Å². The van der Waals surface area contributed by atoms with Gasteiger partial charge in [-0.05, 0) is 83.9 Å². The summed E-state index contributed by atoms with van der Waals surface area (Å²) >= 11 is 0. The van der Waals surface area contributed by atoms with Crippen LogP contribution in [0.5, 0.6) is 0 Å². The molecule has 0 N–H and O–H groups in total. The maximum absolute atomic E-state index is 13.9. The first-order valence-electron chi connectivity index (χ1n) is 13.4. The summed E-state index contributed by atoms with van der Waals surface area (Å²) in [6.07, 6.45) is 12.4. The molecule has 5 aliphatic carbocycles. The monoisotopic (exact) mass is 438 g/mol. The van der Waals surface area contributed by atoms with E-state index in [0.717, 1.165) is 12.8 Å². The Bertz CT molecular complexity index is 908. The molecule has 2 nitrogen and oxygen atoms in total. The molecule has 0 heterocycles. The maximum Gasteiger partial charge on any atom is 0.139 e. The summed E-state index contributed by atoms with van der Waals surface area (Å²) in [6, 6.07) is 0. The van der Waals surface area contributed by atoms with Crippen LogP contribution < -0.4 is 0 Å². The van der Waals surface area contributed by atoms with Crippen molar-refractivity contribution in [3.05, 3.63) is 11.6 Å². The van der Waals surface area contributed by atoms with Crippen LogP contribution in [0.1, 0.15) is 113 Å². The molecule has 0 saturated heterocycles. The van der Waals surface area contributed by atoms with Gasteiger partial charge in [-0.2, -0.15) is 0 Å². The fourth-order valence-corrected chi connectivity index (χ4v) is 10.2. The summed E-state index contributed by atoms with van der Waals surface area (Å²) in [6.45, 7) is 19.0. The van der Waals surface area contributed by atoms with Gasteiger partial charge in [-0.15, -0.1) is 0 Å². The molecule has 0 amide bonds. The van der Waals surface area contributed by atoms with Gasteiger partial charge in [0.2, 0.25) is 0 Å². The molecule has 5 aliphatic rings. The molecular formula is C30H46O2. The quantitative estimate of drug-likeness (QED) is 0.366. The van der Waals surface area contributed by atoms with Gasteiger partial charge in [-0.1, -0.05) is 67.0 Å². The van der Waals surface area contributed by atoms with Gasteiger partial charge in [-0.25, -0.2) is 0 Å². The van der Waals surface area contributed by atoms with E-state index in [1.807, 2.05) is 0 Å². The van der Waals surface area contributed by atoms with Gasteiger partial charge in [0.15, 0.2) is 0 Å². The normalized spacial score (nSPS) is 51.6. The number of allylic oxidation sites excluding steroid dienone is 2. The second-order valence-electron chi connectivity index (χ2n) is 15.0. The van der Waals surface area contributed by atoms with Gasteiger partial charge in [0.1, 0.15) is 11.6 Å². The van der Waals surface area contributed by atoms with Crippen molar-refractivity contribution in [2.24, 2.45) is 50.2 Å². The number of hydrogen-bond donors (Lipinski definition) is 0. The van der Waals surface area contributed by atoms with Gasteiger partial charge < -0.3 is 0 Å². The Morgan fingerprint density at radius 3 is 2.19 bits per heavy atom. The summed E-state index contributed by atoms with van der Waals surface area (Å²) in [5.41, 5.74) is 2.05. The lowest BCUT2D eigenvalue weighted by Gasteiger charge is -2.70. The first kappa shape index (κ1) is 22.9. The highest BCUT2D eigenvalue weighted by atomic mass is 16.1. The molecule has 4 saturated carbocycles. The van der Waals surface area contributed by atoms with E-state index in [0.29, 0.717) is 47.1 Å². The Kier molecular flexibility index (Phi) is 4.57. The lowest BCUT2D eigenvalue weighted by Crippen LogP contribution is -2.66. The standard InChI is InChI=1S/C30H46O2/c1-25(2)13-14-27(5)15-16-29(7)19(20(27)17-25)9-10-22-28(6)12-11-23(32)26(3,4)24(28)21(31)18-30(22,29)8/h9,20,22,24H,10-18H2,1-8H3/t20-,22+,24+,27+,28+,29+,30+/m0/s1. The first-order valence-corrected chi connectivity index (χ1v) is 13.4. The number of rotatable bonds is 0. The molecule has 0 spiro atoms. The molecule has 178 valence electrons. The molecule has 0 aromatic carbocycles. The summed E-state index contributed by atoms with van der Waals surface area (Å²) in [4.78, 5) is 26.8. The molecule has 7 atom stereocenters. The van der Waals surface area contributed by atoms with Gasteiger partial charge in [0.25, 0.3) is 0 Å². The largest absolute Gasteiger partial charge is 0.299 e. The van der Waals surface area contributed by atoms with E-state index in [1.54, 1.807) is 5.57 Å². The van der Waals surface area contributed by atoms with Crippen LogP contribution in [0, 0.1) is 50.2 Å². The van der Waals surface area contributed by atoms with Crippen LogP contribution >= 0.6 is 0 Å². The van der Waals surface area contributed by atoms with Crippen molar-refractivity contribution in [2.45, 2.75) is 113 Å². The van der Waals surface area contributed by atoms with Gasteiger partial charge in [-0.3, -0.25) is 9.59 Å². The molecule has 0 aliphatic heterocycles. The van der Waals surface area contributed by atoms with Crippen LogP contribution in [0.15, 0.2) is 11.6 Å². The zero-order valence-corrected chi connectivity index (χ0v) is 22.0. The minimum Gasteiger partial charge on any atom is -0.299 e.